The first kappa shape index (κ1) is 19.1. The molecular formula is C22H21N3O3. The summed E-state index contributed by atoms with van der Waals surface area (Å²) in [5.74, 6) is -0.370. The molecule has 0 aromatic heterocycles. The fraction of sp³-hybridized carbons (Fsp3) is 0.136. The van der Waals surface area contributed by atoms with Crippen LogP contribution in [0.1, 0.15) is 27.5 Å². The molecule has 142 valence electrons. The van der Waals surface area contributed by atoms with Gasteiger partial charge in [-0.05, 0) is 17.2 Å². The third-order valence-corrected chi connectivity index (χ3v) is 4.46. The lowest BCUT2D eigenvalue weighted by Crippen LogP contribution is -2.30. The number of carbonyl (C=O) groups is 1. The number of hydrogen-bond donors (Lipinski definition) is 1. The molecule has 0 spiro atoms. The maximum Gasteiger partial charge on any atom is 0.270 e. The van der Waals surface area contributed by atoms with Crippen molar-refractivity contribution >= 4 is 17.3 Å². The Morgan fingerprint density at radius 3 is 1.93 bits per heavy atom. The van der Waals surface area contributed by atoms with Crippen LogP contribution < -0.4 is 10.2 Å². The van der Waals surface area contributed by atoms with Crippen molar-refractivity contribution in [3.63, 3.8) is 0 Å². The smallest absolute Gasteiger partial charge is 0.270 e. The van der Waals surface area contributed by atoms with Gasteiger partial charge in [0.25, 0.3) is 11.6 Å². The topological polar surface area (TPSA) is 75.5 Å². The van der Waals surface area contributed by atoms with Crippen LogP contribution in [0.5, 0.6) is 0 Å². The number of nitrogens with one attached hydrogen (secondary N) is 1. The summed E-state index contributed by atoms with van der Waals surface area (Å²) < 4.78 is 0. The largest absolute Gasteiger partial charge is 0.377 e. The van der Waals surface area contributed by atoms with E-state index >= 15 is 0 Å². The van der Waals surface area contributed by atoms with E-state index < -0.39 is 4.92 Å². The van der Waals surface area contributed by atoms with Crippen LogP contribution >= 0.6 is 0 Å². The second-order valence-electron chi connectivity index (χ2n) is 6.58. The molecular weight excluding hydrogens is 354 g/mol. The predicted molar refractivity (Wildman–Crippen MR) is 110 cm³/mol. The van der Waals surface area contributed by atoms with Crippen molar-refractivity contribution in [2.45, 2.75) is 6.04 Å². The van der Waals surface area contributed by atoms with Crippen molar-refractivity contribution in [3.05, 3.63) is 106 Å². The van der Waals surface area contributed by atoms with E-state index in [0.717, 1.165) is 11.1 Å². The Balaban J connectivity index is 2.01. The van der Waals surface area contributed by atoms with E-state index in [0.29, 0.717) is 5.69 Å². The number of anilines is 1. The van der Waals surface area contributed by atoms with Gasteiger partial charge in [-0.1, -0.05) is 60.7 Å². The SMILES string of the molecule is CN(C)c1ccc([N+](=O)[O-])cc1C(=O)NC(c1ccccc1)c1ccccc1. The Hall–Kier alpha value is -3.67. The highest BCUT2D eigenvalue weighted by molar-refractivity contribution is 6.00. The van der Waals surface area contributed by atoms with Gasteiger partial charge >= 0.3 is 0 Å². The first-order chi connectivity index (χ1) is 13.5. The molecule has 6 nitrogen and oxygen atoms in total. The lowest BCUT2D eigenvalue weighted by atomic mass is 9.98. The van der Waals surface area contributed by atoms with Crippen molar-refractivity contribution < 1.29 is 9.72 Å². The van der Waals surface area contributed by atoms with Gasteiger partial charge in [-0.3, -0.25) is 14.9 Å². The van der Waals surface area contributed by atoms with E-state index in [9.17, 15) is 14.9 Å². The zero-order valence-electron chi connectivity index (χ0n) is 15.7. The summed E-state index contributed by atoms with van der Waals surface area (Å²) >= 11 is 0. The number of nitrogens with zero attached hydrogens (tertiary/aromatic N) is 2. The number of non-ortho nitro benzene ring substituents is 1. The van der Waals surface area contributed by atoms with Gasteiger partial charge in [0.15, 0.2) is 0 Å². The Morgan fingerprint density at radius 1 is 0.929 bits per heavy atom. The van der Waals surface area contributed by atoms with E-state index in [1.54, 1.807) is 25.1 Å². The summed E-state index contributed by atoms with van der Waals surface area (Å²) in [5.41, 5.74) is 2.61. The van der Waals surface area contributed by atoms with E-state index in [1.807, 2.05) is 60.7 Å². The van der Waals surface area contributed by atoms with Crippen LogP contribution in [0.4, 0.5) is 11.4 Å². The van der Waals surface area contributed by atoms with E-state index in [2.05, 4.69) is 5.32 Å². The van der Waals surface area contributed by atoms with Gasteiger partial charge in [-0.15, -0.1) is 0 Å². The van der Waals surface area contributed by atoms with Crippen molar-refractivity contribution in [1.29, 1.82) is 0 Å². The number of nitro benzene ring substituents is 1. The van der Waals surface area contributed by atoms with E-state index in [1.165, 1.54) is 12.1 Å². The molecule has 3 aromatic rings. The first-order valence-electron chi connectivity index (χ1n) is 8.84. The number of nitro groups is 1. The number of carbonyl (C=O) groups excluding carboxylic acids is 1. The summed E-state index contributed by atoms with van der Waals surface area (Å²) in [6, 6.07) is 23.2. The Morgan fingerprint density at radius 2 is 1.46 bits per heavy atom. The number of benzene rings is 3. The highest BCUT2D eigenvalue weighted by Gasteiger charge is 2.22. The summed E-state index contributed by atoms with van der Waals surface area (Å²) in [5, 5.41) is 14.2. The maximum absolute atomic E-state index is 13.1. The third-order valence-electron chi connectivity index (χ3n) is 4.46. The molecule has 0 unspecified atom stereocenters. The van der Waals surface area contributed by atoms with Crippen molar-refractivity contribution in [2.24, 2.45) is 0 Å². The second-order valence-corrected chi connectivity index (χ2v) is 6.58. The average molecular weight is 375 g/mol. The van der Waals surface area contributed by atoms with E-state index in [-0.39, 0.29) is 23.2 Å². The average Bonchev–Trinajstić information content (AvgIpc) is 2.72. The highest BCUT2D eigenvalue weighted by Crippen LogP contribution is 2.27. The molecule has 0 radical (unpaired) electrons. The number of amides is 1. The molecule has 0 fully saturated rings. The van der Waals surface area contributed by atoms with Crippen LogP contribution in [0.25, 0.3) is 0 Å². The maximum atomic E-state index is 13.1. The number of rotatable bonds is 6. The molecule has 0 heterocycles. The van der Waals surface area contributed by atoms with Crippen LogP contribution in [-0.4, -0.2) is 24.9 Å². The molecule has 0 saturated heterocycles. The van der Waals surface area contributed by atoms with Crippen molar-refractivity contribution in [1.82, 2.24) is 5.32 Å². The molecule has 0 aliphatic heterocycles. The third kappa shape index (κ3) is 4.17. The molecule has 0 aliphatic carbocycles. The monoisotopic (exact) mass is 375 g/mol. The van der Waals surface area contributed by atoms with Crippen LogP contribution in [0.3, 0.4) is 0 Å². The summed E-state index contributed by atoms with van der Waals surface area (Å²) in [4.78, 5) is 25.6. The van der Waals surface area contributed by atoms with Gasteiger partial charge in [-0.2, -0.15) is 0 Å². The van der Waals surface area contributed by atoms with Crippen LogP contribution in [0, 0.1) is 10.1 Å². The Labute approximate surface area is 163 Å². The van der Waals surface area contributed by atoms with Crippen molar-refractivity contribution in [2.75, 3.05) is 19.0 Å². The fourth-order valence-corrected chi connectivity index (χ4v) is 3.07. The van der Waals surface area contributed by atoms with Gasteiger partial charge in [0.05, 0.1) is 16.5 Å². The molecule has 28 heavy (non-hydrogen) atoms. The van der Waals surface area contributed by atoms with Gasteiger partial charge in [0.2, 0.25) is 0 Å². The Kier molecular flexibility index (Phi) is 5.69. The standard InChI is InChI=1S/C22H21N3O3/c1-24(2)20-14-13-18(25(27)28)15-19(20)22(26)23-21(16-9-5-3-6-10-16)17-11-7-4-8-12-17/h3-15,21H,1-2H3,(H,23,26). The van der Waals surface area contributed by atoms with Crippen LogP contribution in [-0.2, 0) is 0 Å². The summed E-state index contributed by atoms with van der Waals surface area (Å²) in [6.07, 6.45) is 0. The molecule has 0 saturated carbocycles. The normalized spacial score (nSPS) is 10.5. The van der Waals surface area contributed by atoms with Crippen LogP contribution in [0.2, 0.25) is 0 Å². The highest BCUT2D eigenvalue weighted by atomic mass is 16.6. The molecule has 3 rings (SSSR count). The fourth-order valence-electron chi connectivity index (χ4n) is 3.07. The molecule has 1 N–H and O–H groups in total. The lowest BCUT2D eigenvalue weighted by molar-refractivity contribution is -0.384. The molecule has 0 bridgehead atoms. The summed E-state index contributed by atoms with van der Waals surface area (Å²) in [6.45, 7) is 0. The molecule has 0 aliphatic rings. The molecule has 1 amide bonds. The van der Waals surface area contributed by atoms with Crippen molar-refractivity contribution in [3.8, 4) is 0 Å². The zero-order valence-corrected chi connectivity index (χ0v) is 15.7. The van der Waals surface area contributed by atoms with Gasteiger partial charge in [0, 0.05) is 31.9 Å². The van der Waals surface area contributed by atoms with E-state index in [4.69, 9.17) is 0 Å². The number of hydrogen-bond acceptors (Lipinski definition) is 4. The lowest BCUT2D eigenvalue weighted by Gasteiger charge is -2.22. The quantitative estimate of drug-likeness (QED) is 0.518. The van der Waals surface area contributed by atoms with Gasteiger partial charge < -0.3 is 10.2 Å². The summed E-state index contributed by atoms with van der Waals surface area (Å²) in [7, 11) is 3.59. The minimum absolute atomic E-state index is 0.119. The molecule has 0 atom stereocenters. The first-order valence-corrected chi connectivity index (χ1v) is 8.84. The van der Waals surface area contributed by atoms with Gasteiger partial charge in [0.1, 0.15) is 0 Å². The minimum Gasteiger partial charge on any atom is -0.377 e. The Bertz CT molecular complexity index is 933. The van der Waals surface area contributed by atoms with Gasteiger partial charge in [-0.25, -0.2) is 0 Å². The predicted octanol–water partition coefficient (Wildman–Crippen LogP) is 4.18. The van der Waals surface area contributed by atoms with Crippen LogP contribution in [0.15, 0.2) is 78.9 Å². The molecule has 6 heteroatoms. The molecule has 3 aromatic carbocycles. The second kappa shape index (κ2) is 8.35. The zero-order chi connectivity index (χ0) is 20.1. The minimum atomic E-state index is -0.498.